The Morgan fingerprint density at radius 3 is 2.57 bits per heavy atom. The first-order valence-electron chi connectivity index (χ1n) is 11.5. The van der Waals surface area contributed by atoms with Gasteiger partial charge in [-0.05, 0) is 50.3 Å². The van der Waals surface area contributed by atoms with E-state index in [0.717, 1.165) is 70.7 Å². The first-order valence-corrected chi connectivity index (χ1v) is 11.5. The lowest BCUT2D eigenvalue weighted by molar-refractivity contribution is 0.105. The van der Waals surface area contributed by atoms with Gasteiger partial charge < -0.3 is 25.2 Å². The van der Waals surface area contributed by atoms with Gasteiger partial charge in [0.15, 0.2) is 5.96 Å². The highest BCUT2D eigenvalue weighted by Gasteiger charge is 2.33. The number of aliphatic imine (C=N–C) groups is 1. The van der Waals surface area contributed by atoms with Crippen LogP contribution < -0.4 is 15.5 Å². The van der Waals surface area contributed by atoms with E-state index in [2.05, 4.69) is 56.5 Å². The van der Waals surface area contributed by atoms with Crippen LogP contribution >= 0.6 is 0 Å². The molecule has 1 aliphatic heterocycles. The van der Waals surface area contributed by atoms with Crippen molar-refractivity contribution in [3.05, 3.63) is 23.9 Å². The highest BCUT2D eigenvalue weighted by atomic mass is 16.5. The van der Waals surface area contributed by atoms with Gasteiger partial charge >= 0.3 is 0 Å². The molecule has 7 heteroatoms. The van der Waals surface area contributed by atoms with Gasteiger partial charge in [0.05, 0.1) is 0 Å². The van der Waals surface area contributed by atoms with Crippen molar-refractivity contribution in [2.45, 2.75) is 45.6 Å². The van der Waals surface area contributed by atoms with E-state index in [1.807, 2.05) is 13.2 Å². The quantitative estimate of drug-likeness (QED) is 0.366. The van der Waals surface area contributed by atoms with Crippen LogP contribution in [0.5, 0.6) is 0 Å². The minimum atomic E-state index is 0.346. The summed E-state index contributed by atoms with van der Waals surface area (Å²) < 4.78 is 5.63. The third-order valence-corrected chi connectivity index (χ3v) is 6.60. The second-order valence-corrected chi connectivity index (χ2v) is 8.75. The Morgan fingerprint density at radius 2 is 1.93 bits per heavy atom. The van der Waals surface area contributed by atoms with Crippen LogP contribution in [-0.2, 0) is 11.3 Å². The molecule has 0 radical (unpaired) electrons. The van der Waals surface area contributed by atoms with Gasteiger partial charge in [0, 0.05) is 65.7 Å². The Hall–Kier alpha value is -1.86. The molecule has 30 heavy (non-hydrogen) atoms. The predicted molar refractivity (Wildman–Crippen MR) is 124 cm³/mol. The normalized spacial score (nSPS) is 19.8. The van der Waals surface area contributed by atoms with E-state index in [1.54, 1.807) is 0 Å². The average Bonchev–Trinajstić information content (AvgIpc) is 3.24. The fraction of sp³-hybridized carbons (Fsp3) is 0.739. The lowest BCUT2D eigenvalue weighted by atomic mass is 9.83. The fourth-order valence-corrected chi connectivity index (χ4v) is 4.49. The zero-order valence-corrected chi connectivity index (χ0v) is 19.1. The standard InChI is InChI=1S/C23H40N6O/c1-4-30-16-11-23(9-5-6-10-23)19-27-22(24-2)26-18-20-7-8-21(25-17-20)29-14-12-28(3)13-15-29/h7-8,17H,4-6,9-16,18-19H2,1-3H3,(H2,24,26,27). The number of aromatic nitrogens is 1. The van der Waals surface area contributed by atoms with Crippen molar-refractivity contribution in [2.75, 3.05) is 64.9 Å². The predicted octanol–water partition coefficient (Wildman–Crippen LogP) is 2.49. The molecule has 0 atom stereocenters. The van der Waals surface area contributed by atoms with Crippen LogP contribution in [0.3, 0.4) is 0 Å². The molecule has 1 saturated heterocycles. The molecule has 1 saturated carbocycles. The van der Waals surface area contributed by atoms with E-state index >= 15 is 0 Å². The SMILES string of the molecule is CCOCCC1(CNC(=NC)NCc2ccc(N3CCN(C)CC3)nc2)CCCC1. The highest BCUT2D eigenvalue weighted by Crippen LogP contribution is 2.40. The molecule has 168 valence electrons. The number of nitrogens with one attached hydrogen (secondary N) is 2. The highest BCUT2D eigenvalue weighted by molar-refractivity contribution is 5.79. The Labute approximate surface area is 182 Å². The molecule has 1 aromatic rings. The van der Waals surface area contributed by atoms with Gasteiger partial charge in [-0.25, -0.2) is 4.98 Å². The average molecular weight is 417 g/mol. The van der Waals surface area contributed by atoms with Crippen molar-refractivity contribution < 1.29 is 4.74 Å². The summed E-state index contributed by atoms with van der Waals surface area (Å²) in [5.41, 5.74) is 1.51. The topological polar surface area (TPSA) is 65.0 Å². The maximum atomic E-state index is 5.63. The van der Waals surface area contributed by atoms with Gasteiger partial charge in [0.2, 0.25) is 0 Å². The molecule has 2 N–H and O–H groups in total. The van der Waals surface area contributed by atoms with E-state index in [4.69, 9.17) is 4.74 Å². The van der Waals surface area contributed by atoms with Crippen molar-refractivity contribution in [1.29, 1.82) is 0 Å². The van der Waals surface area contributed by atoms with Gasteiger partial charge in [0.25, 0.3) is 0 Å². The largest absolute Gasteiger partial charge is 0.382 e. The minimum absolute atomic E-state index is 0.346. The number of piperazine rings is 1. The molecular formula is C23H40N6O. The summed E-state index contributed by atoms with van der Waals surface area (Å²) in [5, 5.41) is 7.01. The Bertz CT molecular complexity index is 648. The molecule has 0 amide bonds. The number of pyridine rings is 1. The zero-order valence-electron chi connectivity index (χ0n) is 19.1. The molecule has 7 nitrogen and oxygen atoms in total. The fourth-order valence-electron chi connectivity index (χ4n) is 4.49. The maximum Gasteiger partial charge on any atom is 0.191 e. The zero-order chi connectivity index (χ0) is 21.2. The molecule has 0 bridgehead atoms. The van der Waals surface area contributed by atoms with Crippen LogP contribution in [0.4, 0.5) is 5.82 Å². The molecule has 0 unspecified atom stereocenters. The summed E-state index contributed by atoms with van der Waals surface area (Å²) in [7, 11) is 4.01. The van der Waals surface area contributed by atoms with Crippen molar-refractivity contribution in [3.8, 4) is 0 Å². The van der Waals surface area contributed by atoms with E-state index in [0.29, 0.717) is 5.41 Å². The number of guanidine groups is 1. The summed E-state index contributed by atoms with van der Waals surface area (Å²) in [6, 6.07) is 4.31. The summed E-state index contributed by atoms with van der Waals surface area (Å²) >= 11 is 0. The van der Waals surface area contributed by atoms with E-state index in [-0.39, 0.29) is 0 Å². The van der Waals surface area contributed by atoms with Crippen molar-refractivity contribution in [2.24, 2.45) is 10.4 Å². The molecule has 0 aromatic carbocycles. The van der Waals surface area contributed by atoms with Gasteiger partial charge in [-0.15, -0.1) is 0 Å². The monoisotopic (exact) mass is 416 g/mol. The number of likely N-dealkylation sites (N-methyl/N-ethyl adjacent to an activating group) is 1. The molecule has 3 rings (SSSR count). The summed E-state index contributed by atoms with van der Waals surface area (Å²) in [4.78, 5) is 13.8. The number of rotatable bonds is 9. The first-order chi connectivity index (χ1) is 14.6. The van der Waals surface area contributed by atoms with Crippen LogP contribution in [-0.4, -0.2) is 75.9 Å². The lowest BCUT2D eigenvalue weighted by Gasteiger charge is -2.33. The third kappa shape index (κ3) is 6.57. The molecular weight excluding hydrogens is 376 g/mol. The van der Waals surface area contributed by atoms with E-state index in [1.165, 1.54) is 31.2 Å². The van der Waals surface area contributed by atoms with Crippen molar-refractivity contribution in [3.63, 3.8) is 0 Å². The Balaban J connectivity index is 1.45. The summed E-state index contributed by atoms with van der Waals surface area (Å²) in [5.74, 6) is 1.94. The second-order valence-electron chi connectivity index (χ2n) is 8.75. The number of hydrogen-bond donors (Lipinski definition) is 2. The van der Waals surface area contributed by atoms with E-state index < -0.39 is 0 Å². The molecule has 0 spiro atoms. The van der Waals surface area contributed by atoms with Crippen LogP contribution in [0.1, 0.15) is 44.6 Å². The lowest BCUT2D eigenvalue weighted by Crippen LogP contribution is -2.44. The number of hydrogen-bond acceptors (Lipinski definition) is 5. The number of nitrogens with zero attached hydrogens (tertiary/aromatic N) is 4. The number of ether oxygens (including phenoxy) is 1. The Morgan fingerprint density at radius 1 is 1.17 bits per heavy atom. The molecule has 1 aromatic heterocycles. The number of anilines is 1. The van der Waals surface area contributed by atoms with Crippen LogP contribution in [0.2, 0.25) is 0 Å². The third-order valence-electron chi connectivity index (χ3n) is 6.60. The molecule has 2 aliphatic rings. The van der Waals surface area contributed by atoms with Crippen LogP contribution in [0.15, 0.2) is 23.3 Å². The van der Waals surface area contributed by atoms with Crippen molar-refractivity contribution in [1.82, 2.24) is 20.5 Å². The molecule has 2 fully saturated rings. The van der Waals surface area contributed by atoms with Gasteiger partial charge in [0.1, 0.15) is 5.82 Å². The van der Waals surface area contributed by atoms with Gasteiger partial charge in [-0.2, -0.15) is 0 Å². The van der Waals surface area contributed by atoms with E-state index in [9.17, 15) is 0 Å². The van der Waals surface area contributed by atoms with Crippen molar-refractivity contribution >= 4 is 11.8 Å². The van der Waals surface area contributed by atoms with Gasteiger partial charge in [-0.1, -0.05) is 18.9 Å². The first kappa shape index (κ1) is 22.8. The van der Waals surface area contributed by atoms with Gasteiger partial charge in [-0.3, -0.25) is 4.99 Å². The molecule has 1 aliphatic carbocycles. The smallest absolute Gasteiger partial charge is 0.191 e. The molecule has 2 heterocycles. The Kier molecular flexibility index (Phi) is 8.75. The summed E-state index contributed by atoms with van der Waals surface area (Å²) in [6.45, 7) is 9.69. The summed E-state index contributed by atoms with van der Waals surface area (Å²) in [6.07, 6.45) is 8.32. The second kappa shape index (κ2) is 11.5. The van der Waals surface area contributed by atoms with Crippen LogP contribution in [0.25, 0.3) is 0 Å². The maximum absolute atomic E-state index is 5.63. The minimum Gasteiger partial charge on any atom is -0.382 e. The van der Waals surface area contributed by atoms with Crippen LogP contribution in [0, 0.1) is 5.41 Å².